The average molecular weight is 374 g/mol. The minimum absolute atomic E-state index is 0.0423. The molecule has 1 fully saturated rings. The predicted octanol–water partition coefficient (Wildman–Crippen LogP) is 4.01. The van der Waals surface area contributed by atoms with Gasteiger partial charge in [-0.05, 0) is 36.8 Å². The highest BCUT2D eigenvalue weighted by Crippen LogP contribution is 2.24. The van der Waals surface area contributed by atoms with Crippen LogP contribution in [-0.2, 0) is 6.54 Å². The number of carbonyl (C=O) groups excluding carboxylic acids is 1. The van der Waals surface area contributed by atoms with E-state index in [4.69, 9.17) is 16.3 Å². The molecule has 2 amide bonds. The molecule has 1 aliphatic rings. The van der Waals surface area contributed by atoms with Crippen molar-refractivity contribution >= 4 is 23.3 Å². The number of carbonyl (C=O) groups is 1. The molecule has 0 spiro atoms. The van der Waals surface area contributed by atoms with Gasteiger partial charge >= 0.3 is 6.03 Å². The van der Waals surface area contributed by atoms with Crippen molar-refractivity contribution in [2.24, 2.45) is 0 Å². The quantitative estimate of drug-likeness (QED) is 0.880. The van der Waals surface area contributed by atoms with Gasteiger partial charge in [-0.25, -0.2) is 4.79 Å². The molecule has 138 valence electrons. The van der Waals surface area contributed by atoms with Gasteiger partial charge in [0.05, 0.1) is 7.11 Å². The summed E-state index contributed by atoms with van der Waals surface area (Å²) in [7, 11) is 1.67. The molecule has 6 heteroatoms. The first-order valence-electron chi connectivity index (χ1n) is 8.73. The first-order chi connectivity index (χ1) is 12.6. The molecule has 26 heavy (non-hydrogen) atoms. The number of nitrogens with zero attached hydrogens (tertiary/aromatic N) is 2. The third kappa shape index (κ3) is 4.48. The maximum atomic E-state index is 12.5. The van der Waals surface area contributed by atoms with Crippen LogP contribution in [0.3, 0.4) is 0 Å². The molecule has 2 aromatic carbocycles. The summed E-state index contributed by atoms with van der Waals surface area (Å²) in [4.78, 5) is 16.7. The molecule has 3 rings (SSSR count). The van der Waals surface area contributed by atoms with Crippen LogP contribution < -0.4 is 10.1 Å². The summed E-state index contributed by atoms with van der Waals surface area (Å²) in [6.45, 7) is 5.78. The number of rotatable bonds is 4. The maximum Gasteiger partial charge on any atom is 0.321 e. The second kappa shape index (κ2) is 8.43. The zero-order chi connectivity index (χ0) is 18.5. The number of anilines is 1. The van der Waals surface area contributed by atoms with Crippen molar-refractivity contribution in [1.82, 2.24) is 9.80 Å². The van der Waals surface area contributed by atoms with E-state index in [1.54, 1.807) is 7.11 Å². The van der Waals surface area contributed by atoms with Gasteiger partial charge in [-0.15, -0.1) is 0 Å². The largest absolute Gasteiger partial charge is 0.496 e. The molecule has 0 radical (unpaired) electrons. The van der Waals surface area contributed by atoms with Crippen molar-refractivity contribution < 1.29 is 9.53 Å². The second-order valence-electron chi connectivity index (χ2n) is 6.46. The molecule has 5 nitrogen and oxygen atoms in total. The van der Waals surface area contributed by atoms with Gasteiger partial charge in [-0.1, -0.05) is 29.8 Å². The number of methoxy groups -OCH3 is 1. The van der Waals surface area contributed by atoms with E-state index in [0.29, 0.717) is 18.1 Å². The van der Waals surface area contributed by atoms with Crippen LogP contribution in [-0.4, -0.2) is 49.1 Å². The molecule has 1 aliphatic heterocycles. The fourth-order valence-corrected chi connectivity index (χ4v) is 3.32. The van der Waals surface area contributed by atoms with E-state index in [1.165, 1.54) is 0 Å². The number of aryl methyl sites for hydroxylation is 1. The van der Waals surface area contributed by atoms with Gasteiger partial charge in [-0.3, -0.25) is 4.90 Å². The molecule has 2 aromatic rings. The number of ether oxygens (including phenoxy) is 1. The zero-order valence-electron chi connectivity index (χ0n) is 15.2. The molecule has 0 atom stereocenters. The van der Waals surface area contributed by atoms with Gasteiger partial charge in [0.2, 0.25) is 0 Å². The normalized spacial score (nSPS) is 15.0. The number of hydrogen-bond acceptors (Lipinski definition) is 3. The second-order valence-corrected chi connectivity index (χ2v) is 6.90. The summed E-state index contributed by atoms with van der Waals surface area (Å²) >= 11 is 6.11. The van der Waals surface area contributed by atoms with Gasteiger partial charge in [0.1, 0.15) is 5.75 Å². The highest BCUT2D eigenvalue weighted by Gasteiger charge is 2.22. The number of hydrogen-bond donors (Lipinski definition) is 1. The Balaban J connectivity index is 1.55. The summed E-state index contributed by atoms with van der Waals surface area (Å²) in [6, 6.07) is 13.4. The Morgan fingerprint density at radius 3 is 2.58 bits per heavy atom. The van der Waals surface area contributed by atoms with E-state index in [-0.39, 0.29) is 6.03 Å². The predicted molar refractivity (Wildman–Crippen MR) is 105 cm³/mol. The number of halogens is 1. The lowest BCUT2D eigenvalue weighted by atomic mass is 10.1. The summed E-state index contributed by atoms with van der Waals surface area (Å²) in [5, 5.41) is 3.71. The van der Waals surface area contributed by atoms with Crippen LogP contribution in [0.4, 0.5) is 10.5 Å². The number of para-hydroxylation sites is 1. The lowest BCUT2D eigenvalue weighted by Gasteiger charge is -2.35. The van der Waals surface area contributed by atoms with Crippen LogP contribution in [0.5, 0.6) is 5.75 Å². The minimum atomic E-state index is -0.0423. The Morgan fingerprint density at radius 2 is 1.88 bits per heavy atom. The zero-order valence-corrected chi connectivity index (χ0v) is 15.9. The Kier molecular flexibility index (Phi) is 6.01. The molecule has 0 saturated carbocycles. The van der Waals surface area contributed by atoms with E-state index in [1.807, 2.05) is 54.3 Å². The number of amides is 2. The SMILES string of the molecule is COc1ccc(Cl)cc1CN1CCN(C(=O)Nc2ccccc2C)CC1. The van der Waals surface area contributed by atoms with E-state index in [2.05, 4.69) is 10.2 Å². The molecular weight excluding hydrogens is 350 g/mol. The maximum absolute atomic E-state index is 12.5. The Morgan fingerprint density at radius 1 is 1.15 bits per heavy atom. The molecule has 1 N–H and O–H groups in total. The van der Waals surface area contributed by atoms with Crippen LogP contribution in [0.1, 0.15) is 11.1 Å². The van der Waals surface area contributed by atoms with E-state index < -0.39 is 0 Å². The molecule has 1 saturated heterocycles. The first kappa shape index (κ1) is 18.5. The van der Waals surface area contributed by atoms with E-state index in [0.717, 1.165) is 42.2 Å². The summed E-state index contributed by atoms with van der Waals surface area (Å²) in [5.41, 5.74) is 2.99. The Labute approximate surface area is 159 Å². The van der Waals surface area contributed by atoms with E-state index >= 15 is 0 Å². The summed E-state index contributed by atoms with van der Waals surface area (Å²) in [5.74, 6) is 0.842. The van der Waals surface area contributed by atoms with Crippen LogP contribution in [0.25, 0.3) is 0 Å². The number of nitrogens with one attached hydrogen (secondary N) is 1. The monoisotopic (exact) mass is 373 g/mol. The van der Waals surface area contributed by atoms with Gasteiger partial charge in [0.15, 0.2) is 0 Å². The van der Waals surface area contributed by atoms with Crippen molar-refractivity contribution in [2.45, 2.75) is 13.5 Å². The van der Waals surface area contributed by atoms with Crippen LogP contribution in [0.15, 0.2) is 42.5 Å². The third-order valence-corrected chi connectivity index (χ3v) is 4.92. The molecule has 1 heterocycles. The molecule has 0 bridgehead atoms. The lowest BCUT2D eigenvalue weighted by Crippen LogP contribution is -2.49. The Hall–Kier alpha value is -2.24. The summed E-state index contributed by atoms with van der Waals surface area (Å²) in [6.07, 6.45) is 0. The fourth-order valence-electron chi connectivity index (χ4n) is 3.13. The van der Waals surface area contributed by atoms with Gasteiger partial charge in [-0.2, -0.15) is 0 Å². The van der Waals surface area contributed by atoms with Crippen LogP contribution in [0, 0.1) is 6.92 Å². The molecule has 0 unspecified atom stereocenters. The fraction of sp³-hybridized carbons (Fsp3) is 0.350. The van der Waals surface area contributed by atoms with Gasteiger partial charge in [0, 0.05) is 49.0 Å². The summed E-state index contributed by atoms with van der Waals surface area (Å²) < 4.78 is 5.42. The molecular formula is C20H24ClN3O2. The van der Waals surface area contributed by atoms with E-state index in [9.17, 15) is 4.79 Å². The van der Waals surface area contributed by atoms with Crippen molar-refractivity contribution in [3.05, 3.63) is 58.6 Å². The third-order valence-electron chi connectivity index (χ3n) is 4.68. The van der Waals surface area contributed by atoms with Crippen molar-refractivity contribution in [2.75, 3.05) is 38.6 Å². The van der Waals surface area contributed by atoms with Crippen molar-refractivity contribution in [1.29, 1.82) is 0 Å². The smallest absolute Gasteiger partial charge is 0.321 e. The highest BCUT2D eigenvalue weighted by molar-refractivity contribution is 6.30. The topological polar surface area (TPSA) is 44.8 Å². The van der Waals surface area contributed by atoms with Crippen LogP contribution in [0.2, 0.25) is 5.02 Å². The number of urea groups is 1. The number of benzene rings is 2. The molecule has 0 aliphatic carbocycles. The molecule has 0 aromatic heterocycles. The lowest BCUT2D eigenvalue weighted by molar-refractivity contribution is 0.142. The standard InChI is InChI=1S/C20H24ClN3O2/c1-15-5-3-4-6-18(15)22-20(25)24-11-9-23(10-12-24)14-16-13-17(21)7-8-19(16)26-2/h3-8,13H,9-12,14H2,1-2H3,(H,22,25). The van der Waals surface area contributed by atoms with Crippen molar-refractivity contribution in [3.8, 4) is 5.75 Å². The van der Waals surface area contributed by atoms with Crippen molar-refractivity contribution in [3.63, 3.8) is 0 Å². The average Bonchev–Trinajstić information content (AvgIpc) is 2.64. The van der Waals surface area contributed by atoms with Gasteiger partial charge < -0.3 is 15.0 Å². The minimum Gasteiger partial charge on any atom is -0.496 e. The first-order valence-corrected chi connectivity index (χ1v) is 9.11. The van der Waals surface area contributed by atoms with Crippen LogP contribution >= 0.6 is 11.6 Å². The Bertz CT molecular complexity index is 773. The number of piperazine rings is 1. The highest BCUT2D eigenvalue weighted by atomic mass is 35.5. The van der Waals surface area contributed by atoms with Gasteiger partial charge in [0.25, 0.3) is 0 Å².